The maximum atomic E-state index is 12.6. The molecule has 32 heavy (non-hydrogen) atoms. The maximum absolute atomic E-state index is 12.6. The number of carbonyl (C=O) groups is 1. The van der Waals surface area contributed by atoms with Gasteiger partial charge in [-0.1, -0.05) is 60.7 Å². The van der Waals surface area contributed by atoms with Crippen LogP contribution < -0.4 is 4.90 Å². The number of rotatable bonds is 5. The molecule has 0 radical (unpaired) electrons. The highest BCUT2D eigenvalue weighted by Crippen LogP contribution is 2.36. The van der Waals surface area contributed by atoms with Gasteiger partial charge in [-0.15, -0.1) is 0 Å². The molecule has 5 rings (SSSR count). The number of hydrogen-bond donors (Lipinski definition) is 0. The van der Waals surface area contributed by atoms with E-state index in [1.54, 1.807) is 0 Å². The van der Waals surface area contributed by atoms with Crippen LogP contribution in [0.1, 0.15) is 28.7 Å². The van der Waals surface area contributed by atoms with Gasteiger partial charge in [0.15, 0.2) is 0 Å². The Labute approximate surface area is 190 Å². The smallest absolute Gasteiger partial charge is 0.323 e. The van der Waals surface area contributed by atoms with Gasteiger partial charge in [-0.3, -0.25) is 9.69 Å². The molecule has 0 bridgehead atoms. The molecule has 0 saturated heterocycles. The minimum atomic E-state index is -0.210. The van der Waals surface area contributed by atoms with Gasteiger partial charge in [-0.2, -0.15) is 0 Å². The minimum absolute atomic E-state index is 0.134. The number of carbonyl (C=O) groups excluding carboxylic acids is 1. The second-order valence-electron chi connectivity index (χ2n) is 8.74. The molecule has 3 aromatic rings. The van der Waals surface area contributed by atoms with Gasteiger partial charge in [0, 0.05) is 31.0 Å². The Bertz CT molecular complexity index is 1060. The molecular formula is C28H30N2O2. The lowest BCUT2D eigenvalue weighted by Crippen LogP contribution is -2.46. The minimum Gasteiger partial charge on any atom is -0.468 e. The zero-order valence-corrected chi connectivity index (χ0v) is 18.7. The molecule has 2 heterocycles. The van der Waals surface area contributed by atoms with Gasteiger partial charge in [0.2, 0.25) is 0 Å². The van der Waals surface area contributed by atoms with Crippen LogP contribution in [0.4, 0.5) is 11.4 Å². The summed E-state index contributed by atoms with van der Waals surface area (Å²) in [5, 5.41) is 0. The number of nitrogens with zero attached hydrogens (tertiary/aromatic N) is 2. The highest BCUT2D eigenvalue weighted by Gasteiger charge is 2.32. The van der Waals surface area contributed by atoms with E-state index >= 15 is 0 Å². The fourth-order valence-corrected chi connectivity index (χ4v) is 5.22. The van der Waals surface area contributed by atoms with Crippen molar-refractivity contribution in [3.63, 3.8) is 0 Å². The molecule has 1 atom stereocenters. The largest absolute Gasteiger partial charge is 0.468 e. The third-order valence-electron chi connectivity index (χ3n) is 6.87. The van der Waals surface area contributed by atoms with Crippen molar-refractivity contribution in [1.82, 2.24) is 4.90 Å². The average Bonchev–Trinajstić information content (AvgIpc) is 3.00. The molecule has 0 saturated carbocycles. The molecule has 0 aliphatic carbocycles. The Morgan fingerprint density at radius 2 is 1.38 bits per heavy atom. The molecule has 2 aliphatic heterocycles. The number of aryl methyl sites for hydroxylation is 2. The summed E-state index contributed by atoms with van der Waals surface area (Å²) < 4.78 is 5.15. The van der Waals surface area contributed by atoms with Crippen LogP contribution in [0.3, 0.4) is 0 Å². The van der Waals surface area contributed by atoms with E-state index in [0.29, 0.717) is 0 Å². The van der Waals surface area contributed by atoms with Gasteiger partial charge in [0.25, 0.3) is 0 Å². The quantitative estimate of drug-likeness (QED) is 0.543. The van der Waals surface area contributed by atoms with Crippen molar-refractivity contribution in [3.8, 4) is 0 Å². The van der Waals surface area contributed by atoms with Crippen molar-refractivity contribution in [2.75, 3.05) is 25.1 Å². The number of para-hydroxylation sites is 2. The predicted molar refractivity (Wildman–Crippen MR) is 128 cm³/mol. The number of ether oxygens (including phenoxy) is 1. The molecule has 0 amide bonds. The van der Waals surface area contributed by atoms with E-state index in [4.69, 9.17) is 4.74 Å². The molecule has 0 spiro atoms. The van der Waals surface area contributed by atoms with Crippen molar-refractivity contribution in [2.24, 2.45) is 0 Å². The van der Waals surface area contributed by atoms with Crippen LogP contribution >= 0.6 is 0 Å². The zero-order valence-electron chi connectivity index (χ0n) is 18.7. The molecule has 0 aromatic heterocycles. The lowest BCUT2D eigenvalue weighted by Gasteiger charge is -2.36. The highest BCUT2D eigenvalue weighted by molar-refractivity contribution is 5.76. The van der Waals surface area contributed by atoms with Crippen LogP contribution in [0.2, 0.25) is 0 Å². The van der Waals surface area contributed by atoms with Gasteiger partial charge in [-0.05, 0) is 60.1 Å². The second-order valence-corrected chi connectivity index (χ2v) is 8.74. The van der Waals surface area contributed by atoms with E-state index in [0.717, 1.165) is 45.3 Å². The molecule has 164 valence electrons. The third kappa shape index (κ3) is 4.03. The number of benzene rings is 3. The van der Waals surface area contributed by atoms with Gasteiger partial charge >= 0.3 is 5.97 Å². The molecule has 0 fully saturated rings. The van der Waals surface area contributed by atoms with Gasteiger partial charge in [0.1, 0.15) is 6.04 Å². The first-order valence-corrected chi connectivity index (χ1v) is 11.6. The Hall–Kier alpha value is -3.11. The van der Waals surface area contributed by atoms with E-state index in [2.05, 4.69) is 82.6 Å². The summed E-state index contributed by atoms with van der Waals surface area (Å²) in [6.45, 7) is 2.57. The lowest BCUT2D eigenvalue weighted by molar-refractivity contribution is -0.147. The Kier molecular flexibility index (Phi) is 5.95. The van der Waals surface area contributed by atoms with Crippen molar-refractivity contribution >= 4 is 17.3 Å². The molecular weight excluding hydrogens is 396 g/mol. The Morgan fingerprint density at radius 3 is 2.00 bits per heavy atom. The van der Waals surface area contributed by atoms with Crippen LogP contribution in [-0.2, 0) is 35.3 Å². The first-order chi connectivity index (χ1) is 15.7. The maximum Gasteiger partial charge on any atom is 0.323 e. The summed E-state index contributed by atoms with van der Waals surface area (Å²) in [4.78, 5) is 17.3. The van der Waals surface area contributed by atoms with E-state index in [1.165, 1.54) is 40.7 Å². The summed E-state index contributed by atoms with van der Waals surface area (Å²) >= 11 is 0. The highest BCUT2D eigenvalue weighted by atomic mass is 16.5. The van der Waals surface area contributed by atoms with Crippen molar-refractivity contribution < 1.29 is 9.53 Å². The topological polar surface area (TPSA) is 32.8 Å². The average molecular weight is 427 g/mol. The van der Waals surface area contributed by atoms with Gasteiger partial charge < -0.3 is 9.64 Å². The van der Waals surface area contributed by atoms with Gasteiger partial charge in [0.05, 0.1) is 7.11 Å². The fourth-order valence-electron chi connectivity index (χ4n) is 5.22. The second kappa shape index (κ2) is 9.17. The first kappa shape index (κ1) is 20.8. The molecule has 0 N–H and O–H groups in total. The predicted octanol–water partition coefficient (Wildman–Crippen LogP) is 4.91. The monoisotopic (exact) mass is 426 g/mol. The van der Waals surface area contributed by atoms with E-state index in [-0.39, 0.29) is 12.0 Å². The SMILES string of the molecule is COC(=O)C1Cc2ccccc2CN1CCCN1c2ccccc2CCc2ccccc21. The van der Waals surface area contributed by atoms with Crippen LogP contribution in [0.15, 0.2) is 72.8 Å². The third-order valence-corrected chi connectivity index (χ3v) is 6.87. The van der Waals surface area contributed by atoms with E-state index < -0.39 is 0 Å². The van der Waals surface area contributed by atoms with Crippen molar-refractivity contribution in [3.05, 3.63) is 95.1 Å². The molecule has 2 aliphatic rings. The van der Waals surface area contributed by atoms with Crippen LogP contribution in [-0.4, -0.2) is 37.1 Å². The summed E-state index contributed by atoms with van der Waals surface area (Å²) in [5.74, 6) is -0.134. The standard InChI is InChI=1S/C28H30N2O2/c1-32-28(31)27-19-23-11-2-3-12-24(23)20-29(27)17-8-18-30-25-13-6-4-9-21(25)15-16-22-10-5-7-14-26(22)30/h2-7,9-14,27H,8,15-20H2,1H3. The zero-order chi connectivity index (χ0) is 21.9. The summed E-state index contributed by atoms with van der Waals surface area (Å²) in [5.41, 5.74) is 8.01. The van der Waals surface area contributed by atoms with Crippen molar-refractivity contribution in [1.29, 1.82) is 0 Å². The number of esters is 1. The Balaban J connectivity index is 1.36. The number of anilines is 2. The molecule has 1 unspecified atom stereocenters. The van der Waals surface area contributed by atoms with E-state index in [9.17, 15) is 4.79 Å². The van der Waals surface area contributed by atoms with Crippen LogP contribution in [0.25, 0.3) is 0 Å². The fraction of sp³-hybridized carbons (Fsp3) is 0.321. The number of hydrogen-bond acceptors (Lipinski definition) is 4. The molecule has 4 heteroatoms. The summed E-state index contributed by atoms with van der Waals surface area (Å²) in [6, 6.07) is 25.8. The van der Waals surface area contributed by atoms with Crippen molar-refractivity contribution in [2.45, 2.75) is 38.3 Å². The lowest BCUT2D eigenvalue weighted by atomic mass is 9.94. The molecule has 3 aromatic carbocycles. The summed E-state index contributed by atoms with van der Waals surface area (Å²) in [6.07, 6.45) is 3.82. The molecule has 4 nitrogen and oxygen atoms in total. The number of methoxy groups -OCH3 is 1. The summed E-state index contributed by atoms with van der Waals surface area (Å²) in [7, 11) is 1.49. The van der Waals surface area contributed by atoms with Gasteiger partial charge in [-0.25, -0.2) is 0 Å². The Morgan fingerprint density at radius 1 is 0.812 bits per heavy atom. The van der Waals surface area contributed by atoms with E-state index in [1.807, 2.05) is 0 Å². The van der Waals surface area contributed by atoms with Crippen LogP contribution in [0.5, 0.6) is 0 Å². The first-order valence-electron chi connectivity index (χ1n) is 11.6. The normalized spacial score (nSPS) is 17.7. The number of fused-ring (bicyclic) bond motifs is 3. The van der Waals surface area contributed by atoms with Crippen LogP contribution in [0, 0.1) is 0 Å².